The van der Waals surface area contributed by atoms with E-state index in [1.165, 1.54) is 70.6 Å². The summed E-state index contributed by atoms with van der Waals surface area (Å²) in [6, 6.07) is 5.12. The second kappa shape index (κ2) is 13.7. The summed E-state index contributed by atoms with van der Waals surface area (Å²) in [5, 5.41) is 9.44. The van der Waals surface area contributed by atoms with Gasteiger partial charge < -0.3 is 9.84 Å². The van der Waals surface area contributed by atoms with Gasteiger partial charge in [-0.05, 0) is 34.5 Å². The molecule has 0 aliphatic heterocycles. The first kappa shape index (κ1) is 20.3. The fourth-order valence-electron chi connectivity index (χ4n) is 2.73. The minimum Gasteiger partial charge on any atom is -0.508 e. The number of phenols is 1. The lowest BCUT2D eigenvalue weighted by atomic mass is 10.1. The summed E-state index contributed by atoms with van der Waals surface area (Å²) in [4.78, 5) is 0. The van der Waals surface area contributed by atoms with E-state index in [1.807, 2.05) is 6.07 Å². The number of hydrogen-bond acceptors (Lipinski definition) is 2. The molecular weight excluding hydrogens is 352 g/mol. The number of phenolic OH excluding ortho intramolecular Hbond substituents is 1. The van der Waals surface area contributed by atoms with Gasteiger partial charge in [-0.1, -0.05) is 77.6 Å². The van der Waals surface area contributed by atoms with Crippen LogP contribution in [0.4, 0.5) is 0 Å². The minimum absolute atomic E-state index is 0.248. The van der Waals surface area contributed by atoms with E-state index >= 15 is 0 Å². The highest BCUT2D eigenvalue weighted by Crippen LogP contribution is 2.28. The van der Waals surface area contributed by atoms with Crippen molar-refractivity contribution in [3.05, 3.63) is 22.7 Å². The highest BCUT2D eigenvalue weighted by Gasteiger charge is 2.02. The van der Waals surface area contributed by atoms with E-state index < -0.39 is 0 Å². The van der Waals surface area contributed by atoms with E-state index in [4.69, 9.17) is 4.74 Å². The Balaban J connectivity index is 1.87. The van der Waals surface area contributed by atoms with Crippen molar-refractivity contribution in [1.29, 1.82) is 0 Å². The van der Waals surface area contributed by atoms with Gasteiger partial charge in [0.25, 0.3) is 0 Å². The predicted molar refractivity (Wildman–Crippen MR) is 102 cm³/mol. The molecule has 0 saturated carbocycles. The molecular formula is C20H33BrO2. The standard InChI is InChI=1S/C20H33BrO2/c1-2-3-4-5-6-7-8-9-10-11-12-13-16-23-20-17-18(22)14-15-19(20)21/h14-15,17,22H,2-13,16H2,1H3. The van der Waals surface area contributed by atoms with Gasteiger partial charge in [-0.15, -0.1) is 0 Å². The first-order valence-corrected chi connectivity index (χ1v) is 10.1. The van der Waals surface area contributed by atoms with Crippen molar-refractivity contribution in [2.75, 3.05) is 6.61 Å². The summed E-state index contributed by atoms with van der Waals surface area (Å²) in [6.45, 7) is 2.99. The third-order valence-electron chi connectivity index (χ3n) is 4.17. The van der Waals surface area contributed by atoms with Crippen molar-refractivity contribution in [2.45, 2.75) is 84.0 Å². The smallest absolute Gasteiger partial charge is 0.137 e. The normalized spacial score (nSPS) is 10.9. The molecule has 2 nitrogen and oxygen atoms in total. The van der Waals surface area contributed by atoms with Crippen molar-refractivity contribution in [2.24, 2.45) is 0 Å². The third-order valence-corrected chi connectivity index (χ3v) is 4.83. The third kappa shape index (κ3) is 10.6. The molecule has 0 aromatic heterocycles. The number of unbranched alkanes of at least 4 members (excludes halogenated alkanes) is 11. The number of aromatic hydroxyl groups is 1. The Bertz CT molecular complexity index is 407. The van der Waals surface area contributed by atoms with Crippen LogP contribution in [0.3, 0.4) is 0 Å². The quantitative estimate of drug-likeness (QED) is 0.342. The van der Waals surface area contributed by atoms with Gasteiger partial charge in [-0.3, -0.25) is 0 Å². The lowest BCUT2D eigenvalue weighted by Crippen LogP contribution is -1.97. The first-order valence-electron chi connectivity index (χ1n) is 9.35. The molecule has 0 aliphatic carbocycles. The maximum absolute atomic E-state index is 9.44. The van der Waals surface area contributed by atoms with E-state index in [9.17, 15) is 5.11 Å². The molecule has 1 rings (SSSR count). The van der Waals surface area contributed by atoms with E-state index in [-0.39, 0.29) is 5.75 Å². The fraction of sp³-hybridized carbons (Fsp3) is 0.700. The van der Waals surface area contributed by atoms with E-state index in [2.05, 4.69) is 22.9 Å². The highest BCUT2D eigenvalue weighted by molar-refractivity contribution is 9.10. The molecule has 0 aliphatic rings. The lowest BCUT2D eigenvalue weighted by Gasteiger charge is -2.08. The Hall–Kier alpha value is -0.700. The van der Waals surface area contributed by atoms with Gasteiger partial charge in [0.15, 0.2) is 0 Å². The van der Waals surface area contributed by atoms with Crippen LogP contribution in [0.15, 0.2) is 22.7 Å². The van der Waals surface area contributed by atoms with Crippen molar-refractivity contribution in [1.82, 2.24) is 0 Å². The molecule has 0 radical (unpaired) electrons. The van der Waals surface area contributed by atoms with E-state index in [1.54, 1.807) is 12.1 Å². The average Bonchev–Trinajstić information content (AvgIpc) is 2.55. The van der Waals surface area contributed by atoms with Gasteiger partial charge in [-0.25, -0.2) is 0 Å². The fourth-order valence-corrected chi connectivity index (χ4v) is 3.09. The molecule has 1 aromatic rings. The molecule has 0 fully saturated rings. The average molecular weight is 385 g/mol. The van der Waals surface area contributed by atoms with Crippen LogP contribution >= 0.6 is 15.9 Å². The maximum atomic E-state index is 9.44. The monoisotopic (exact) mass is 384 g/mol. The molecule has 0 saturated heterocycles. The summed E-state index contributed by atoms with van der Waals surface area (Å²) >= 11 is 3.43. The summed E-state index contributed by atoms with van der Waals surface area (Å²) < 4.78 is 6.60. The molecule has 0 bridgehead atoms. The number of rotatable bonds is 14. The maximum Gasteiger partial charge on any atom is 0.137 e. The zero-order valence-electron chi connectivity index (χ0n) is 14.7. The van der Waals surface area contributed by atoms with Crippen LogP contribution in [0, 0.1) is 0 Å². The zero-order chi connectivity index (χ0) is 16.8. The molecule has 3 heteroatoms. The Kier molecular flexibility index (Phi) is 12.1. The Morgan fingerprint density at radius 2 is 1.35 bits per heavy atom. The number of hydrogen-bond donors (Lipinski definition) is 1. The lowest BCUT2D eigenvalue weighted by molar-refractivity contribution is 0.301. The summed E-state index contributed by atoms with van der Waals surface area (Å²) in [6.07, 6.45) is 16.2. The van der Waals surface area contributed by atoms with Crippen molar-refractivity contribution in [3.63, 3.8) is 0 Å². The van der Waals surface area contributed by atoms with Gasteiger partial charge in [0.1, 0.15) is 11.5 Å². The zero-order valence-corrected chi connectivity index (χ0v) is 16.2. The Labute approximate surface area is 150 Å². The van der Waals surface area contributed by atoms with Gasteiger partial charge in [0.2, 0.25) is 0 Å². The molecule has 0 atom stereocenters. The SMILES string of the molecule is CCCCCCCCCCCCCCOc1cc(O)ccc1Br. The van der Waals surface area contributed by atoms with Gasteiger partial charge in [0.05, 0.1) is 11.1 Å². The Morgan fingerprint density at radius 3 is 1.91 bits per heavy atom. The Morgan fingerprint density at radius 1 is 0.826 bits per heavy atom. The number of ether oxygens (including phenoxy) is 1. The summed E-state index contributed by atoms with van der Waals surface area (Å²) in [5.41, 5.74) is 0. The van der Waals surface area contributed by atoms with Gasteiger partial charge in [0, 0.05) is 6.07 Å². The number of halogens is 1. The van der Waals surface area contributed by atoms with Gasteiger partial charge in [-0.2, -0.15) is 0 Å². The highest BCUT2D eigenvalue weighted by atomic mass is 79.9. The van der Waals surface area contributed by atoms with Crippen LogP contribution in [0.25, 0.3) is 0 Å². The van der Waals surface area contributed by atoms with Crippen molar-refractivity contribution < 1.29 is 9.84 Å². The second-order valence-corrected chi connectivity index (χ2v) is 7.21. The van der Waals surface area contributed by atoms with Crippen LogP contribution in [0.2, 0.25) is 0 Å². The van der Waals surface area contributed by atoms with E-state index in [0.29, 0.717) is 0 Å². The molecule has 0 unspecified atom stereocenters. The van der Waals surface area contributed by atoms with Crippen molar-refractivity contribution >= 4 is 15.9 Å². The van der Waals surface area contributed by atoms with E-state index in [0.717, 1.165) is 23.2 Å². The first-order chi connectivity index (χ1) is 11.2. The molecule has 0 amide bonds. The summed E-state index contributed by atoms with van der Waals surface area (Å²) in [5.74, 6) is 0.978. The molecule has 0 heterocycles. The predicted octanol–water partition coefficient (Wildman–Crippen LogP) is 7.23. The van der Waals surface area contributed by atoms with Crippen LogP contribution < -0.4 is 4.74 Å². The second-order valence-electron chi connectivity index (χ2n) is 6.35. The largest absolute Gasteiger partial charge is 0.508 e. The van der Waals surface area contributed by atoms with Crippen molar-refractivity contribution in [3.8, 4) is 11.5 Å². The topological polar surface area (TPSA) is 29.5 Å². The van der Waals surface area contributed by atoms with Crippen LogP contribution in [0.1, 0.15) is 84.0 Å². The molecule has 1 N–H and O–H groups in total. The molecule has 132 valence electrons. The van der Waals surface area contributed by atoms with Crippen LogP contribution in [0.5, 0.6) is 11.5 Å². The molecule has 23 heavy (non-hydrogen) atoms. The van der Waals surface area contributed by atoms with Gasteiger partial charge >= 0.3 is 0 Å². The summed E-state index contributed by atoms with van der Waals surface area (Å²) in [7, 11) is 0. The molecule has 1 aromatic carbocycles. The molecule has 0 spiro atoms. The number of benzene rings is 1. The minimum atomic E-state index is 0.248. The van der Waals surface area contributed by atoms with Crippen LogP contribution in [-0.2, 0) is 0 Å². The van der Waals surface area contributed by atoms with Crippen LogP contribution in [-0.4, -0.2) is 11.7 Å².